The molecule has 4 fully saturated rings. The molecule has 1 saturated heterocycles. The molecule has 1 aliphatic heterocycles. The first-order valence-electron chi connectivity index (χ1n) is 13.9. The van der Waals surface area contributed by atoms with E-state index in [1.165, 1.54) is 16.7 Å². The van der Waals surface area contributed by atoms with Crippen molar-refractivity contribution in [2.75, 3.05) is 13.2 Å². The summed E-state index contributed by atoms with van der Waals surface area (Å²) in [5.74, 6) is 4.13. The van der Waals surface area contributed by atoms with E-state index in [4.69, 9.17) is 9.47 Å². The molecule has 3 saturated carbocycles. The van der Waals surface area contributed by atoms with Gasteiger partial charge in [-0.15, -0.1) is 5.54 Å². The standard InChI is InChI=1S/C31H40O4Si/c1-29-19-24(22-7-5-21(6-8-22)13-18-36(2,3)4)28-23(25(29)9-10-27(29)32)11-14-30(33)20-31(15-12-26(28)30)34-16-17-35-31/h5-8,23-25,33H,9-12,14-17,19-20H2,1-4H3/t23-,24+,25-,29-,30+/m0/s1. The highest BCUT2D eigenvalue weighted by Gasteiger charge is 2.60. The van der Waals surface area contributed by atoms with E-state index in [2.05, 4.69) is 62.3 Å². The second-order valence-corrected chi connectivity index (χ2v) is 18.0. The number of rotatable bonds is 1. The summed E-state index contributed by atoms with van der Waals surface area (Å²) in [6, 6.07) is 8.76. The third kappa shape index (κ3) is 3.96. The molecule has 1 heterocycles. The van der Waals surface area contributed by atoms with Gasteiger partial charge < -0.3 is 14.6 Å². The van der Waals surface area contributed by atoms with E-state index >= 15 is 0 Å². The second-order valence-electron chi connectivity index (χ2n) is 13.3. The largest absolute Gasteiger partial charge is 0.385 e. The van der Waals surface area contributed by atoms with Crippen LogP contribution in [0.15, 0.2) is 35.4 Å². The predicted octanol–water partition coefficient (Wildman–Crippen LogP) is 5.75. The van der Waals surface area contributed by atoms with Crippen molar-refractivity contribution < 1.29 is 19.4 Å². The molecule has 0 amide bonds. The summed E-state index contributed by atoms with van der Waals surface area (Å²) in [4.78, 5) is 13.2. The van der Waals surface area contributed by atoms with Crippen molar-refractivity contribution in [2.24, 2.45) is 17.3 Å². The van der Waals surface area contributed by atoms with Gasteiger partial charge in [-0.1, -0.05) is 50.2 Å². The maximum atomic E-state index is 13.2. The van der Waals surface area contributed by atoms with E-state index in [1.54, 1.807) is 0 Å². The Morgan fingerprint density at radius 1 is 1.03 bits per heavy atom. The lowest BCUT2D eigenvalue weighted by atomic mass is 9.51. The maximum absolute atomic E-state index is 13.2. The van der Waals surface area contributed by atoms with Crippen molar-refractivity contribution in [2.45, 2.75) is 95.2 Å². The van der Waals surface area contributed by atoms with Crippen LogP contribution in [0.1, 0.15) is 75.3 Å². The fourth-order valence-electron chi connectivity index (χ4n) is 8.14. The molecule has 0 aromatic heterocycles. The number of hydrogen-bond acceptors (Lipinski definition) is 4. The van der Waals surface area contributed by atoms with Crippen LogP contribution < -0.4 is 0 Å². The van der Waals surface area contributed by atoms with E-state index in [-0.39, 0.29) is 11.3 Å². The van der Waals surface area contributed by atoms with Gasteiger partial charge in [0.15, 0.2) is 5.79 Å². The summed E-state index contributed by atoms with van der Waals surface area (Å²) in [5, 5.41) is 12.1. The average molecular weight is 505 g/mol. The quantitative estimate of drug-likeness (QED) is 0.300. The molecule has 6 rings (SSSR count). The molecule has 4 aliphatic carbocycles. The Bertz CT molecular complexity index is 1160. The van der Waals surface area contributed by atoms with Gasteiger partial charge in [0, 0.05) is 36.2 Å². The van der Waals surface area contributed by atoms with Gasteiger partial charge >= 0.3 is 0 Å². The second kappa shape index (κ2) is 8.40. The minimum Gasteiger partial charge on any atom is -0.385 e. The highest BCUT2D eigenvalue weighted by Crippen LogP contribution is 2.64. The SMILES string of the molecule is C[C@]12C[C@H](c3ccc(C#C[Si](C)(C)C)cc3)C3=C4CCC5(C[C@]4(O)CC[C@H]3[C@@H]1CCC2=O)OCCO5. The molecule has 36 heavy (non-hydrogen) atoms. The lowest BCUT2D eigenvalue weighted by molar-refractivity contribution is -0.208. The highest BCUT2D eigenvalue weighted by molar-refractivity contribution is 6.83. The molecule has 1 spiro atoms. The minimum absolute atomic E-state index is 0.165. The zero-order chi connectivity index (χ0) is 25.3. The Hall–Kier alpha value is -1.71. The molecule has 1 aromatic carbocycles. The molecule has 0 unspecified atom stereocenters. The molecule has 5 aliphatic rings. The molecule has 1 aromatic rings. The van der Waals surface area contributed by atoms with Crippen molar-refractivity contribution in [1.82, 2.24) is 0 Å². The first-order chi connectivity index (χ1) is 17.0. The number of hydrogen-bond donors (Lipinski definition) is 1. The Balaban J connectivity index is 1.42. The Kier molecular flexibility index (Phi) is 5.74. The molecule has 0 bridgehead atoms. The zero-order valence-electron chi connectivity index (χ0n) is 22.3. The van der Waals surface area contributed by atoms with Crippen LogP contribution in [0.4, 0.5) is 0 Å². The molecule has 0 radical (unpaired) electrons. The first kappa shape index (κ1) is 24.6. The number of benzene rings is 1. The van der Waals surface area contributed by atoms with Crippen LogP contribution in [0.3, 0.4) is 0 Å². The topological polar surface area (TPSA) is 55.8 Å². The number of ether oxygens (including phenoxy) is 2. The summed E-state index contributed by atoms with van der Waals surface area (Å²) >= 11 is 0. The van der Waals surface area contributed by atoms with Gasteiger partial charge in [0.25, 0.3) is 0 Å². The van der Waals surface area contributed by atoms with Crippen molar-refractivity contribution >= 4 is 13.9 Å². The van der Waals surface area contributed by atoms with Crippen LogP contribution in [0.5, 0.6) is 0 Å². The number of carbonyl (C=O) groups is 1. The summed E-state index contributed by atoms with van der Waals surface area (Å²) in [6.45, 7) is 10.2. The summed E-state index contributed by atoms with van der Waals surface area (Å²) < 4.78 is 12.1. The Morgan fingerprint density at radius 2 is 1.75 bits per heavy atom. The lowest BCUT2D eigenvalue weighted by Crippen LogP contribution is -2.53. The van der Waals surface area contributed by atoms with E-state index < -0.39 is 19.5 Å². The molecule has 4 nitrogen and oxygen atoms in total. The van der Waals surface area contributed by atoms with Crippen molar-refractivity contribution in [3.63, 3.8) is 0 Å². The van der Waals surface area contributed by atoms with Gasteiger partial charge in [0.05, 0.1) is 18.8 Å². The van der Waals surface area contributed by atoms with Gasteiger partial charge in [-0.3, -0.25) is 4.79 Å². The van der Waals surface area contributed by atoms with Crippen LogP contribution in [-0.2, 0) is 14.3 Å². The van der Waals surface area contributed by atoms with Gasteiger partial charge in [-0.05, 0) is 67.2 Å². The van der Waals surface area contributed by atoms with Crippen LogP contribution >= 0.6 is 0 Å². The third-order valence-corrected chi connectivity index (χ3v) is 10.7. The van der Waals surface area contributed by atoms with Gasteiger partial charge in [0.1, 0.15) is 13.9 Å². The fraction of sp³-hybridized carbons (Fsp3) is 0.645. The molecule has 5 atom stereocenters. The maximum Gasteiger partial charge on any atom is 0.171 e. The summed E-state index contributed by atoms with van der Waals surface area (Å²) in [5.41, 5.74) is 7.33. The smallest absolute Gasteiger partial charge is 0.171 e. The van der Waals surface area contributed by atoms with E-state index in [0.717, 1.165) is 44.1 Å². The van der Waals surface area contributed by atoms with E-state index in [1.807, 2.05) is 0 Å². The van der Waals surface area contributed by atoms with Crippen LogP contribution in [0.25, 0.3) is 0 Å². The van der Waals surface area contributed by atoms with Crippen LogP contribution in [0, 0.1) is 28.7 Å². The molecule has 192 valence electrons. The Labute approximate surface area is 216 Å². The third-order valence-electron chi connectivity index (χ3n) is 9.83. The summed E-state index contributed by atoms with van der Waals surface area (Å²) in [7, 11) is -1.44. The Morgan fingerprint density at radius 3 is 2.44 bits per heavy atom. The normalized spacial score (nSPS) is 37.2. The number of aliphatic hydroxyl groups is 1. The fourth-order valence-corrected chi connectivity index (χ4v) is 8.66. The lowest BCUT2D eigenvalue weighted by Gasteiger charge is -2.55. The molecule has 5 heteroatoms. The summed E-state index contributed by atoms with van der Waals surface area (Å²) in [6.07, 6.45) is 6.37. The number of ketones is 1. The van der Waals surface area contributed by atoms with Crippen molar-refractivity contribution in [1.29, 1.82) is 0 Å². The minimum atomic E-state index is -1.44. The van der Waals surface area contributed by atoms with Crippen LogP contribution in [0.2, 0.25) is 19.6 Å². The number of fused-ring (bicyclic) bond motifs is 4. The molecular formula is C31H40O4Si. The highest BCUT2D eigenvalue weighted by atomic mass is 28.3. The molecule has 1 N–H and O–H groups in total. The monoisotopic (exact) mass is 504 g/mol. The number of allylic oxidation sites excluding steroid dienone is 1. The van der Waals surface area contributed by atoms with Crippen molar-refractivity contribution in [3.05, 3.63) is 46.5 Å². The zero-order valence-corrected chi connectivity index (χ0v) is 23.3. The predicted molar refractivity (Wildman–Crippen MR) is 143 cm³/mol. The van der Waals surface area contributed by atoms with Crippen molar-refractivity contribution in [3.8, 4) is 11.5 Å². The average Bonchev–Trinajstić information content (AvgIpc) is 3.40. The number of Topliss-reactive ketones (excluding diaryl/α,β-unsaturated/α-hetero) is 1. The van der Waals surface area contributed by atoms with Gasteiger partial charge in [0.2, 0.25) is 0 Å². The van der Waals surface area contributed by atoms with Gasteiger partial charge in [-0.2, -0.15) is 0 Å². The van der Waals surface area contributed by atoms with Crippen LogP contribution in [-0.4, -0.2) is 43.6 Å². The van der Waals surface area contributed by atoms with Gasteiger partial charge in [-0.25, -0.2) is 0 Å². The van der Waals surface area contributed by atoms with E-state index in [9.17, 15) is 9.90 Å². The first-order valence-corrected chi connectivity index (χ1v) is 17.4. The molecular weight excluding hydrogens is 464 g/mol. The van der Waals surface area contributed by atoms with E-state index in [0.29, 0.717) is 43.7 Å². The number of carbonyl (C=O) groups excluding carboxylic acids is 1.